The van der Waals surface area contributed by atoms with E-state index in [4.69, 9.17) is 9.47 Å². The average Bonchev–Trinajstić information content (AvgIpc) is 3.45. The summed E-state index contributed by atoms with van der Waals surface area (Å²) in [7, 11) is 1.65. The highest BCUT2D eigenvalue weighted by Crippen LogP contribution is 2.38. The van der Waals surface area contributed by atoms with E-state index in [9.17, 15) is 4.79 Å². The fraction of sp³-hybridized carbons (Fsp3) is 0.360. The summed E-state index contributed by atoms with van der Waals surface area (Å²) in [4.78, 5) is 10.8. The topological polar surface area (TPSA) is 35.5 Å². The Morgan fingerprint density at radius 1 is 0.929 bits per heavy atom. The molecule has 1 aliphatic rings. The lowest BCUT2D eigenvalue weighted by Gasteiger charge is -2.14. The molecule has 3 heteroatoms. The lowest BCUT2D eigenvalue weighted by Crippen LogP contribution is -2.19. The first-order valence-electron chi connectivity index (χ1n) is 9.87. The molecule has 0 saturated carbocycles. The highest BCUT2D eigenvalue weighted by molar-refractivity contribution is 5.65. The third-order valence-corrected chi connectivity index (χ3v) is 3.84. The van der Waals surface area contributed by atoms with Crippen molar-refractivity contribution in [2.45, 2.75) is 46.1 Å². The minimum Gasteiger partial charge on any atom is -0.463 e. The first kappa shape index (κ1) is 23.6. The van der Waals surface area contributed by atoms with Crippen LogP contribution in [0.3, 0.4) is 0 Å². The normalized spacial score (nSPS) is 13.1. The van der Waals surface area contributed by atoms with Crippen LogP contribution in [0, 0.1) is 5.92 Å². The molecule has 0 amide bonds. The molecule has 0 heterocycles. The monoisotopic (exact) mass is 381 g/mol. The van der Waals surface area contributed by atoms with Crippen LogP contribution in [0.25, 0.3) is 0 Å². The molecule has 0 saturated heterocycles. The molecule has 0 fully saturated rings. The van der Waals surface area contributed by atoms with Crippen molar-refractivity contribution in [2.24, 2.45) is 0 Å². The maximum atomic E-state index is 10.8. The summed E-state index contributed by atoms with van der Waals surface area (Å²) in [6.45, 7) is 5.98. The summed E-state index contributed by atoms with van der Waals surface area (Å²) in [5.41, 5.74) is 2.64. The third-order valence-electron chi connectivity index (χ3n) is 3.84. The molecule has 3 nitrogen and oxygen atoms in total. The minimum atomic E-state index is -0.264. The number of hydrogen-bond acceptors (Lipinski definition) is 3. The number of methoxy groups -OCH3 is 1. The highest BCUT2D eigenvalue weighted by atomic mass is 16.6. The Bertz CT molecular complexity index is 638. The number of hydrogen-bond donors (Lipinski definition) is 0. The van der Waals surface area contributed by atoms with Gasteiger partial charge in [0.1, 0.15) is 6.61 Å². The Hall–Kier alpha value is -2.39. The van der Waals surface area contributed by atoms with Crippen molar-refractivity contribution in [2.75, 3.05) is 13.7 Å². The average molecular weight is 382 g/mol. The standard InChI is InChI=1S/C16H19O3.C6H6.C3H8/c1-12(17)19-11-16(18-2)10-15-9-14(15)8-13-6-4-3-5-7-13;1-2-4-6-5-3-1;1-3-2/h3-7,9,16H,8,10-11H2,1-2H3;1-6H;3H2,1-2H3/t16-;;/m1../s1. The number of allylic oxidation sites excluding steroid dienone is 1. The molecule has 0 spiro atoms. The lowest BCUT2D eigenvalue weighted by molar-refractivity contribution is -0.144. The number of carbonyl (C=O) groups excluding carboxylic acids is 1. The molecule has 151 valence electrons. The van der Waals surface area contributed by atoms with Gasteiger partial charge in [-0.3, -0.25) is 4.79 Å². The van der Waals surface area contributed by atoms with E-state index < -0.39 is 0 Å². The van der Waals surface area contributed by atoms with E-state index in [1.807, 2.05) is 42.5 Å². The molecule has 0 aliphatic heterocycles. The van der Waals surface area contributed by atoms with E-state index in [1.54, 1.807) is 7.11 Å². The zero-order chi connectivity index (χ0) is 20.6. The van der Waals surface area contributed by atoms with E-state index in [0.717, 1.165) is 12.8 Å². The van der Waals surface area contributed by atoms with Crippen LogP contribution in [-0.2, 0) is 20.7 Å². The maximum Gasteiger partial charge on any atom is 0.302 e. The fourth-order valence-electron chi connectivity index (χ4n) is 2.40. The molecule has 0 bridgehead atoms. The van der Waals surface area contributed by atoms with E-state index >= 15 is 0 Å². The van der Waals surface area contributed by atoms with Crippen molar-refractivity contribution in [1.29, 1.82) is 0 Å². The van der Waals surface area contributed by atoms with E-state index in [0.29, 0.717) is 6.61 Å². The Morgan fingerprint density at radius 2 is 1.43 bits per heavy atom. The van der Waals surface area contributed by atoms with Gasteiger partial charge in [-0.25, -0.2) is 0 Å². The Balaban J connectivity index is 0.000000360. The largest absolute Gasteiger partial charge is 0.463 e. The summed E-state index contributed by atoms with van der Waals surface area (Å²) in [5.74, 6) is 1.11. The second kappa shape index (κ2) is 14.6. The summed E-state index contributed by atoms with van der Waals surface area (Å²) in [6.07, 6.45) is 5.17. The van der Waals surface area contributed by atoms with Gasteiger partial charge in [0.2, 0.25) is 0 Å². The van der Waals surface area contributed by atoms with Crippen molar-refractivity contribution in [1.82, 2.24) is 0 Å². The Labute approximate surface area is 170 Å². The highest BCUT2D eigenvalue weighted by Gasteiger charge is 2.28. The Morgan fingerprint density at radius 3 is 1.89 bits per heavy atom. The van der Waals surface area contributed by atoms with Crippen molar-refractivity contribution < 1.29 is 14.3 Å². The smallest absolute Gasteiger partial charge is 0.302 e. The van der Waals surface area contributed by atoms with E-state index in [1.165, 1.54) is 30.4 Å². The Kier molecular flexibility index (Phi) is 12.4. The number of ether oxygens (including phenoxy) is 2. The molecule has 2 aromatic carbocycles. The van der Waals surface area contributed by atoms with Crippen LogP contribution in [0.5, 0.6) is 0 Å². The zero-order valence-corrected chi connectivity index (χ0v) is 17.6. The molecule has 28 heavy (non-hydrogen) atoms. The zero-order valence-electron chi connectivity index (χ0n) is 17.6. The summed E-state index contributed by atoms with van der Waals surface area (Å²) >= 11 is 0. The van der Waals surface area contributed by atoms with Crippen LogP contribution in [0.2, 0.25) is 0 Å². The van der Waals surface area contributed by atoms with Crippen LogP contribution in [0.4, 0.5) is 0 Å². The van der Waals surface area contributed by atoms with Crippen molar-refractivity contribution in [3.63, 3.8) is 0 Å². The van der Waals surface area contributed by atoms with Gasteiger partial charge in [0.15, 0.2) is 0 Å². The molecular weight excluding hydrogens is 348 g/mol. The molecule has 2 aromatic rings. The molecule has 0 N–H and O–H groups in total. The molecule has 0 aromatic heterocycles. The van der Waals surface area contributed by atoms with Gasteiger partial charge in [0, 0.05) is 20.0 Å². The number of esters is 1. The van der Waals surface area contributed by atoms with Crippen LogP contribution in [0.1, 0.15) is 39.2 Å². The van der Waals surface area contributed by atoms with Gasteiger partial charge in [0.25, 0.3) is 0 Å². The minimum absolute atomic E-state index is 0.0524. The summed E-state index contributed by atoms with van der Waals surface area (Å²) in [5, 5.41) is 0. The first-order valence-corrected chi connectivity index (χ1v) is 9.87. The number of rotatable bonds is 7. The lowest BCUT2D eigenvalue weighted by atomic mass is 10.0. The summed E-state index contributed by atoms with van der Waals surface area (Å²) in [6, 6.07) is 22.4. The van der Waals surface area contributed by atoms with E-state index in [2.05, 4.69) is 44.2 Å². The van der Waals surface area contributed by atoms with Gasteiger partial charge < -0.3 is 9.47 Å². The van der Waals surface area contributed by atoms with Gasteiger partial charge in [-0.2, -0.15) is 0 Å². The van der Waals surface area contributed by atoms with Crippen molar-refractivity contribution >= 4 is 5.97 Å². The number of carbonyl (C=O) groups is 1. The predicted molar refractivity (Wildman–Crippen MR) is 116 cm³/mol. The van der Waals surface area contributed by atoms with Crippen molar-refractivity contribution in [3.05, 3.63) is 89.9 Å². The maximum absolute atomic E-state index is 10.8. The summed E-state index contributed by atoms with van der Waals surface area (Å²) < 4.78 is 10.3. The molecule has 1 aliphatic carbocycles. The van der Waals surface area contributed by atoms with Crippen LogP contribution < -0.4 is 0 Å². The quantitative estimate of drug-likeness (QED) is 0.567. The molecule has 3 rings (SSSR count). The number of benzene rings is 2. The second-order valence-electron chi connectivity index (χ2n) is 6.58. The fourth-order valence-corrected chi connectivity index (χ4v) is 2.40. The first-order chi connectivity index (χ1) is 13.6. The van der Waals surface area contributed by atoms with Gasteiger partial charge in [-0.05, 0) is 18.4 Å². The molecule has 1 radical (unpaired) electrons. The predicted octanol–water partition coefficient (Wildman–Crippen LogP) is 5.81. The molecular formula is C25H33O3. The van der Waals surface area contributed by atoms with Gasteiger partial charge in [-0.1, -0.05) is 98.6 Å². The second-order valence-corrected chi connectivity index (χ2v) is 6.58. The van der Waals surface area contributed by atoms with Crippen molar-refractivity contribution in [3.8, 4) is 0 Å². The van der Waals surface area contributed by atoms with Gasteiger partial charge in [0.05, 0.1) is 6.10 Å². The van der Waals surface area contributed by atoms with Gasteiger partial charge in [-0.15, -0.1) is 0 Å². The van der Waals surface area contributed by atoms with Crippen LogP contribution in [0.15, 0.2) is 78.4 Å². The molecule has 1 atom stereocenters. The van der Waals surface area contributed by atoms with E-state index in [-0.39, 0.29) is 12.1 Å². The van der Waals surface area contributed by atoms with Crippen LogP contribution >= 0.6 is 0 Å². The van der Waals surface area contributed by atoms with Gasteiger partial charge >= 0.3 is 5.97 Å². The SMILES string of the molecule is CCC.CO[C@@H](COC(C)=O)CC1=C[C]1Cc1ccccc1.c1ccccc1. The van der Waals surface area contributed by atoms with Crippen LogP contribution in [-0.4, -0.2) is 25.8 Å². The molecule has 0 unspecified atom stereocenters. The third kappa shape index (κ3) is 11.3.